The third-order valence-corrected chi connectivity index (χ3v) is 2.82. The number of aromatic nitrogens is 3. The molecule has 20 heavy (non-hydrogen) atoms. The zero-order valence-corrected chi connectivity index (χ0v) is 10.9. The van der Waals surface area contributed by atoms with Crippen LogP contribution in [-0.2, 0) is 17.9 Å². The number of carboxylic acid groups (broad SMARTS) is 1. The Balaban J connectivity index is 1.95. The Bertz CT molecular complexity index is 593. The Morgan fingerprint density at radius 1 is 1.30 bits per heavy atom. The molecule has 1 N–H and O–H groups in total. The van der Waals surface area contributed by atoms with Crippen molar-refractivity contribution in [3.63, 3.8) is 0 Å². The maximum atomic E-state index is 11.9. The van der Waals surface area contributed by atoms with Gasteiger partial charge >= 0.3 is 5.97 Å². The molecule has 1 aromatic carbocycles. The summed E-state index contributed by atoms with van der Waals surface area (Å²) in [5, 5.41) is 16.2. The first-order chi connectivity index (χ1) is 9.56. The van der Waals surface area contributed by atoms with Crippen LogP contribution in [0.2, 0.25) is 0 Å². The van der Waals surface area contributed by atoms with Crippen molar-refractivity contribution < 1.29 is 14.7 Å². The number of hydrogen-bond acceptors (Lipinski definition) is 4. The van der Waals surface area contributed by atoms with E-state index in [1.807, 2.05) is 0 Å². The van der Waals surface area contributed by atoms with Crippen LogP contribution >= 0.6 is 0 Å². The fourth-order valence-electron chi connectivity index (χ4n) is 1.69. The second-order valence-corrected chi connectivity index (χ2v) is 4.35. The summed E-state index contributed by atoms with van der Waals surface area (Å²) in [6, 6.07) is 6.44. The molecule has 0 aliphatic rings. The van der Waals surface area contributed by atoms with Crippen molar-refractivity contribution in [1.29, 1.82) is 0 Å². The van der Waals surface area contributed by atoms with Crippen LogP contribution in [0.4, 0.5) is 0 Å². The van der Waals surface area contributed by atoms with Crippen LogP contribution in [0.15, 0.2) is 36.7 Å². The van der Waals surface area contributed by atoms with Gasteiger partial charge in [-0.3, -0.25) is 4.79 Å². The Kier molecular flexibility index (Phi) is 4.09. The maximum Gasteiger partial charge on any atom is 0.335 e. The van der Waals surface area contributed by atoms with Crippen LogP contribution in [0.1, 0.15) is 15.9 Å². The molecular formula is C13H14N4O3. The molecule has 0 atom stereocenters. The molecule has 2 rings (SSSR count). The monoisotopic (exact) mass is 274 g/mol. The zero-order chi connectivity index (χ0) is 14.5. The second-order valence-electron chi connectivity index (χ2n) is 4.35. The number of rotatable bonds is 5. The SMILES string of the molecule is CN(Cc1ccc(C(=O)O)cc1)C(=O)Cn1ccnn1. The van der Waals surface area contributed by atoms with Gasteiger partial charge in [0.15, 0.2) is 0 Å². The van der Waals surface area contributed by atoms with Crippen molar-refractivity contribution in [2.45, 2.75) is 13.1 Å². The van der Waals surface area contributed by atoms with Crippen molar-refractivity contribution in [2.24, 2.45) is 0 Å². The van der Waals surface area contributed by atoms with E-state index in [1.165, 1.54) is 23.0 Å². The van der Waals surface area contributed by atoms with E-state index < -0.39 is 5.97 Å². The number of amides is 1. The number of carbonyl (C=O) groups excluding carboxylic acids is 1. The van der Waals surface area contributed by atoms with Gasteiger partial charge in [-0.1, -0.05) is 17.3 Å². The summed E-state index contributed by atoms with van der Waals surface area (Å²) in [4.78, 5) is 24.2. The van der Waals surface area contributed by atoms with Crippen LogP contribution in [0.25, 0.3) is 0 Å². The van der Waals surface area contributed by atoms with Crippen LogP contribution in [0, 0.1) is 0 Å². The topological polar surface area (TPSA) is 88.3 Å². The fourth-order valence-corrected chi connectivity index (χ4v) is 1.69. The molecule has 0 spiro atoms. The van der Waals surface area contributed by atoms with E-state index in [4.69, 9.17) is 5.11 Å². The minimum atomic E-state index is -0.966. The van der Waals surface area contributed by atoms with E-state index in [1.54, 1.807) is 30.3 Å². The number of aromatic carboxylic acids is 1. The first-order valence-corrected chi connectivity index (χ1v) is 5.96. The number of carboxylic acids is 1. The van der Waals surface area contributed by atoms with Crippen molar-refractivity contribution in [3.8, 4) is 0 Å². The molecule has 0 radical (unpaired) electrons. The van der Waals surface area contributed by atoms with E-state index in [0.29, 0.717) is 6.54 Å². The highest BCUT2D eigenvalue weighted by atomic mass is 16.4. The smallest absolute Gasteiger partial charge is 0.335 e. The van der Waals surface area contributed by atoms with E-state index in [0.717, 1.165) is 5.56 Å². The number of carbonyl (C=O) groups is 2. The lowest BCUT2D eigenvalue weighted by atomic mass is 10.1. The molecule has 0 saturated heterocycles. The average molecular weight is 274 g/mol. The first kappa shape index (κ1) is 13.7. The number of likely N-dealkylation sites (N-methyl/N-ethyl adjacent to an activating group) is 1. The predicted molar refractivity (Wildman–Crippen MR) is 69.9 cm³/mol. The molecule has 7 nitrogen and oxygen atoms in total. The maximum absolute atomic E-state index is 11.9. The lowest BCUT2D eigenvalue weighted by molar-refractivity contribution is -0.131. The number of nitrogens with zero attached hydrogens (tertiary/aromatic N) is 4. The van der Waals surface area contributed by atoms with Gasteiger partial charge in [-0.2, -0.15) is 0 Å². The lowest BCUT2D eigenvalue weighted by Crippen LogP contribution is -2.30. The van der Waals surface area contributed by atoms with E-state index in [2.05, 4.69) is 10.3 Å². The second kappa shape index (κ2) is 5.96. The molecule has 7 heteroatoms. The van der Waals surface area contributed by atoms with Gasteiger partial charge in [0.1, 0.15) is 6.54 Å². The Hall–Kier alpha value is -2.70. The van der Waals surface area contributed by atoms with Crippen LogP contribution < -0.4 is 0 Å². The van der Waals surface area contributed by atoms with Crippen LogP contribution in [-0.4, -0.2) is 43.9 Å². The summed E-state index contributed by atoms with van der Waals surface area (Å²) in [5.74, 6) is -1.06. The van der Waals surface area contributed by atoms with E-state index in [-0.39, 0.29) is 18.0 Å². The Morgan fingerprint density at radius 2 is 2.00 bits per heavy atom. The van der Waals surface area contributed by atoms with Gasteiger partial charge in [-0.15, -0.1) is 5.10 Å². The van der Waals surface area contributed by atoms with Crippen molar-refractivity contribution in [2.75, 3.05) is 7.05 Å². The molecule has 1 aromatic heterocycles. The largest absolute Gasteiger partial charge is 0.478 e. The molecule has 2 aromatic rings. The third-order valence-electron chi connectivity index (χ3n) is 2.82. The molecule has 0 aliphatic carbocycles. The highest BCUT2D eigenvalue weighted by Gasteiger charge is 2.11. The summed E-state index contributed by atoms with van der Waals surface area (Å²) in [7, 11) is 1.68. The average Bonchev–Trinajstić information content (AvgIpc) is 2.92. The van der Waals surface area contributed by atoms with Gasteiger partial charge in [0, 0.05) is 19.8 Å². The molecule has 0 fully saturated rings. The predicted octanol–water partition coefficient (Wildman–Crippen LogP) is 0.635. The molecule has 104 valence electrons. The summed E-state index contributed by atoms with van der Waals surface area (Å²) >= 11 is 0. The first-order valence-electron chi connectivity index (χ1n) is 5.96. The van der Waals surface area contributed by atoms with Crippen molar-refractivity contribution in [1.82, 2.24) is 19.9 Å². The molecule has 1 heterocycles. The van der Waals surface area contributed by atoms with Gasteiger partial charge in [0.2, 0.25) is 5.91 Å². The van der Waals surface area contributed by atoms with E-state index >= 15 is 0 Å². The minimum Gasteiger partial charge on any atom is -0.478 e. The number of benzene rings is 1. The summed E-state index contributed by atoms with van der Waals surface area (Å²) in [6.45, 7) is 0.539. The van der Waals surface area contributed by atoms with Gasteiger partial charge in [0.25, 0.3) is 0 Å². The molecule has 1 amide bonds. The Morgan fingerprint density at radius 3 is 2.55 bits per heavy atom. The normalized spacial score (nSPS) is 10.2. The molecule has 0 bridgehead atoms. The van der Waals surface area contributed by atoms with Crippen LogP contribution in [0.5, 0.6) is 0 Å². The third kappa shape index (κ3) is 3.41. The fraction of sp³-hybridized carbons (Fsp3) is 0.231. The van der Waals surface area contributed by atoms with Crippen molar-refractivity contribution in [3.05, 3.63) is 47.8 Å². The van der Waals surface area contributed by atoms with Gasteiger partial charge in [-0.25, -0.2) is 9.48 Å². The number of hydrogen-bond donors (Lipinski definition) is 1. The van der Waals surface area contributed by atoms with Gasteiger partial charge in [0.05, 0.1) is 11.8 Å². The molecule has 0 saturated carbocycles. The quantitative estimate of drug-likeness (QED) is 0.864. The minimum absolute atomic E-state index is 0.0992. The van der Waals surface area contributed by atoms with Crippen molar-refractivity contribution >= 4 is 11.9 Å². The molecule has 0 unspecified atom stereocenters. The Labute approximate surface area is 115 Å². The van der Waals surface area contributed by atoms with Gasteiger partial charge < -0.3 is 10.0 Å². The van der Waals surface area contributed by atoms with Crippen LogP contribution in [0.3, 0.4) is 0 Å². The van der Waals surface area contributed by atoms with Gasteiger partial charge in [-0.05, 0) is 17.7 Å². The summed E-state index contributed by atoms with van der Waals surface area (Å²) in [6.07, 6.45) is 3.13. The highest BCUT2D eigenvalue weighted by Crippen LogP contribution is 2.07. The molecule has 0 aliphatic heterocycles. The summed E-state index contributed by atoms with van der Waals surface area (Å²) in [5.41, 5.74) is 1.09. The lowest BCUT2D eigenvalue weighted by Gasteiger charge is -2.17. The highest BCUT2D eigenvalue weighted by molar-refractivity contribution is 5.87. The zero-order valence-electron chi connectivity index (χ0n) is 10.9. The van der Waals surface area contributed by atoms with E-state index in [9.17, 15) is 9.59 Å². The standard InChI is InChI=1S/C13H14N4O3/c1-16(12(18)9-17-7-6-14-15-17)8-10-2-4-11(5-3-10)13(19)20/h2-7H,8-9H2,1H3,(H,19,20). The summed E-state index contributed by atoms with van der Waals surface area (Å²) < 4.78 is 1.45. The molecular weight excluding hydrogens is 260 g/mol.